The average Bonchev–Trinajstić information content (AvgIpc) is 2.67. The lowest BCUT2D eigenvalue weighted by atomic mass is 10.1. The highest BCUT2D eigenvalue weighted by Gasteiger charge is 2.19. The van der Waals surface area contributed by atoms with Gasteiger partial charge in [-0.1, -0.05) is 12.1 Å². The van der Waals surface area contributed by atoms with E-state index in [0.717, 1.165) is 0 Å². The first-order valence-electron chi connectivity index (χ1n) is 8.13. The number of methoxy groups -OCH3 is 1. The highest BCUT2D eigenvalue weighted by molar-refractivity contribution is 5.99. The number of Topliss-reactive ketones (excluding diaryl/α,β-unsaturated/α-hetero) is 1. The van der Waals surface area contributed by atoms with Crippen LogP contribution in [-0.2, 0) is 14.3 Å². The topological polar surface area (TPSA) is 98.8 Å². The van der Waals surface area contributed by atoms with Crippen molar-refractivity contribution >= 4 is 29.3 Å². The largest absolute Gasteiger partial charge is 0.465 e. The van der Waals surface area contributed by atoms with Crippen molar-refractivity contribution in [2.24, 2.45) is 0 Å². The van der Waals surface area contributed by atoms with Crippen molar-refractivity contribution < 1.29 is 28.7 Å². The number of rotatable bonds is 6. The fraction of sp³-hybridized carbons (Fsp3) is 0.200. The lowest BCUT2D eigenvalue weighted by Crippen LogP contribution is -2.30. The van der Waals surface area contributed by atoms with Crippen molar-refractivity contribution in [1.82, 2.24) is 0 Å². The number of amides is 1. The Labute approximate surface area is 156 Å². The van der Waals surface area contributed by atoms with E-state index < -0.39 is 23.9 Å². The minimum absolute atomic E-state index is 0.124. The fourth-order valence-electron chi connectivity index (χ4n) is 2.20. The van der Waals surface area contributed by atoms with E-state index in [4.69, 9.17) is 4.74 Å². The van der Waals surface area contributed by atoms with Crippen molar-refractivity contribution in [2.45, 2.75) is 20.0 Å². The van der Waals surface area contributed by atoms with Crippen LogP contribution in [0.2, 0.25) is 0 Å². The summed E-state index contributed by atoms with van der Waals surface area (Å²) in [7, 11) is 1.26. The zero-order valence-corrected chi connectivity index (χ0v) is 15.1. The molecule has 2 aromatic carbocycles. The van der Waals surface area contributed by atoms with Gasteiger partial charge in [0, 0.05) is 11.3 Å². The SMILES string of the molecule is COC(=O)c1ccc(C(=O)O[C@H](C)C(=O)Nc2cccc(C(C)=O)c2)cc1. The Balaban J connectivity index is 1.99. The smallest absolute Gasteiger partial charge is 0.338 e. The van der Waals surface area contributed by atoms with E-state index in [1.54, 1.807) is 24.3 Å². The van der Waals surface area contributed by atoms with Crippen molar-refractivity contribution in [3.8, 4) is 0 Å². The molecule has 2 aromatic rings. The third-order valence-electron chi connectivity index (χ3n) is 3.73. The van der Waals surface area contributed by atoms with Gasteiger partial charge >= 0.3 is 11.9 Å². The number of anilines is 1. The Morgan fingerprint density at radius 3 is 2.04 bits per heavy atom. The fourth-order valence-corrected chi connectivity index (χ4v) is 2.20. The number of esters is 2. The number of ketones is 1. The van der Waals surface area contributed by atoms with Crippen LogP contribution in [0.5, 0.6) is 0 Å². The Morgan fingerprint density at radius 1 is 0.889 bits per heavy atom. The zero-order valence-electron chi connectivity index (χ0n) is 15.1. The van der Waals surface area contributed by atoms with E-state index in [1.807, 2.05) is 0 Å². The third kappa shape index (κ3) is 5.24. The lowest BCUT2D eigenvalue weighted by Gasteiger charge is -2.14. The average molecular weight is 369 g/mol. The summed E-state index contributed by atoms with van der Waals surface area (Å²) in [5.74, 6) is -1.88. The van der Waals surface area contributed by atoms with Crippen molar-refractivity contribution in [1.29, 1.82) is 0 Å². The summed E-state index contributed by atoms with van der Waals surface area (Å²) in [6, 6.07) is 12.1. The van der Waals surface area contributed by atoms with Crippen LogP contribution in [0.25, 0.3) is 0 Å². The van der Waals surface area contributed by atoms with E-state index >= 15 is 0 Å². The molecule has 7 nitrogen and oxygen atoms in total. The van der Waals surface area contributed by atoms with Gasteiger partial charge in [-0.3, -0.25) is 9.59 Å². The predicted molar refractivity (Wildman–Crippen MR) is 97.7 cm³/mol. The number of nitrogens with one attached hydrogen (secondary N) is 1. The van der Waals surface area contributed by atoms with Gasteiger partial charge in [0.25, 0.3) is 5.91 Å². The molecule has 0 radical (unpaired) electrons. The maximum absolute atomic E-state index is 12.2. The second-order valence-electron chi connectivity index (χ2n) is 5.74. The summed E-state index contributed by atoms with van der Waals surface area (Å²) in [6.07, 6.45) is -1.06. The van der Waals surface area contributed by atoms with Gasteiger partial charge in [-0.2, -0.15) is 0 Å². The highest BCUT2D eigenvalue weighted by Crippen LogP contribution is 2.13. The van der Waals surface area contributed by atoms with Gasteiger partial charge in [-0.05, 0) is 50.2 Å². The molecule has 0 heterocycles. The number of benzene rings is 2. The van der Waals surface area contributed by atoms with Crippen LogP contribution in [0.1, 0.15) is 44.9 Å². The Hall–Kier alpha value is -3.48. The van der Waals surface area contributed by atoms with Crippen LogP contribution in [0, 0.1) is 0 Å². The molecule has 0 saturated carbocycles. The van der Waals surface area contributed by atoms with E-state index in [-0.39, 0.29) is 11.3 Å². The molecule has 0 aliphatic rings. The van der Waals surface area contributed by atoms with Crippen LogP contribution < -0.4 is 5.32 Å². The monoisotopic (exact) mass is 369 g/mol. The first-order chi connectivity index (χ1) is 12.8. The molecule has 0 saturated heterocycles. The van der Waals surface area contributed by atoms with Gasteiger partial charge in [-0.15, -0.1) is 0 Å². The van der Waals surface area contributed by atoms with E-state index in [9.17, 15) is 19.2 Å². The number of hydrogen-bond acceptors (Lipinski definition) is 6. The molecule has 27 heavy (non-hydrogen) atoms. The summed E-state index contributed by atoms with van der Waals surface area (Å²) in [5, 5.41) is 2.60. The van der Waals surface area contributed by atoms with Crippen LogP contribution in [0.4, 0.5) is 5.69 Å². The number of carbonyl (C=O) groups is 4. The van der Waals surface area contributed by atoms with Gasteiger partial charge < -0.3 is 14.8 Å². The predicted octanol–water partition coefficient (Wildman–Crippen LogP) is 2.86. The molecule has 7 heteroatoms. The second kappa shape index (κ2) is 8.75. The number of carbonyl (C=O) groups excluding carboxylic acids is 4. The molecule has 0 aliphatic carbocycles. The minimum atomic E-state index is -1.06. The Morgan fingerprint density at radius 2 is 1.48 bits per heavy atom. The number of hydrogen-bond donors (Lipinski definition) is 1. The molecule has 0 unspecified atom stereocenters. The van der Waals surface area contributed by atoms with E-state index in [0.29, 0.717) is 16.8 Å². The standard InChI is InChI=1S/C20H19NO6/c1-12(22)16-5-4-6-17(11-16)21-18(23)13(2)27-20(25)15-9-7-14(8-10-15)19(24)26-3/h4-11,13H,1-3H3,(H,21,23)/t13-/m1/s1. The van der Waals surface area contributed by atoms with Crippen LogP contribution >= 0.6 is 0 Å². The molecule has 2 rings (SSSR count). The van der Waals surface area contributed by atoms with E-state index in [2.05, 4.69) is 10.1 Å². The maximum Gasteiger partial charge on any atom is 0.338 e. The molecule has 0 aromatic heterocycles. The van der Waals surface area contributed by atoms with Crippen LogP contribution in [0.3, 0.4) is 0 Å². The van der Waals surface area contributed by atoms with Gasteiger partial charge in [0.15, 0.2) is 11.9 Å². The molecule has 1 N–H and O–H groups in total. The lowest BCUT2D eigenvalue weighted by molar-refractivity contribution is -0.123. The van der Waals surface area contributed by atoms with Crippen molar-refractivity contribution in [3.05, 3.63) is 65.2 Å². The summed E-state index contributed by atoms with van der Waals surface area (Å²) in [5.41, 5.74) is 1.38. The third-order valence-corrected chi connectivity index (χ3v) is 3.73. The zero-order chi connectivity index (χ0) is 20.0. The van der Waals surface area contributed by atoms with Crippen molar-refractivity contribution in [3.63, 3.8) is 0 Å². The Bertz CT molecular complexity index is 872. The second-order valence-corrected chi connectivity index (χ2v) is 5.74. The molecular weight excluding hydrogens is 350 g/mol. The molecule has 0 spiro atoms. The van der Waals surface area contributed by atoms with Gasteiger partial charge in [0.1, 0.15) is 0 Å². The molecule has 1 atom stereocenters. The minimum Gasteiger partial charge on any atom is -0.465 e. The first-order valence-corrected chi connectivity index (χ1v) is 8.13. The van der Waals surface area contributed by atoms with Crippen molar-refractivity contribution in [2.75, 3.05) is 12.4 Å². The van der Waals surface area contributed by atoms with Crippen LogP contribution in [0.15, 0.2) is 48.5 Å². The number of ether oxygens (including phenoxy) is 2. The summed E-state index contributed by atoms with van der Waals surface area (Å²) in [6.45, 7) is 2.86. The molecule has 1 amide bonds. The highest BCUT2D eigenvalue weighted by atomic mass is 16.5. The van der Waals surface area contributed by atoms with E-state index in [1.165, 1.54) is 45.2 Å². The Kier molecular flexibility index (Phi) is 6.43. The normalized spacial score (nSPS) is 11.2. The molecule has 140 valence electrons. The molecular formula is C20H19NO6. The summed E-state index contributed by atoms with van der Waals surface area (Å²) < 4.78 is 9.72. The molecule has 0 fully saturated rings. The maximum atomic E-state index is 12.2. The van der Waals surface area contributed by atoms with Gasteiger partial charge in [-0.25, -0.2) is 9.59 Å². The quantitative estimate of drug-likeness (QED) is 0.621. The van der Waals surface area contributed by atoms with Gasteiger partial charge in [0.2, 0.25) is 0 Å². The van der Waals surface area contributed by atoms with Gasteiger partial charge in [0.05, 0.1) is 18.2 Å². The van der Waals surface area contributed by atoms with Crippen LogP contribution in [-0.4, -0.2) is 36.8 Å². The first kappa shape index (κ1) is 19.8. The summed E-state index contributed by atoms with van der Waals surface area (Å²) in [4.78, 5) is 47.1. The summed E-state index contributed by atoms with van der Waals surface area (Å²) >= 11 is 0. The molecule has 0 aliphatic heterocycles. The molecule has 0 bridgehead atoms.